The van der Waals surface area contributed by atoms with Crippen LogP contribution in [0.25, 0.3) is 0 Å². The zero-order chi connectivity index (χ0) is 24.0. The molecule has 0 saturated carbocycles. The van der Waals surface area contributed by atoms with Crippen LogP contribution in [0.3, 0.4) is 0 Å². The van der Waals surface area contributed by atoms with Crippen LogP contribution >= 0.6 is 11.3 Å². The van der Waals surface area contributed by atoms with Crippen molar-refractivity contribution in [2.24, 2.45) is 0 Å². The van der Waals surface area contributed by atoms with Crippen LogP contribution < -0.4 is 4.74 Å². The third-order valence-corrected chi connectivity index (χ3v) is 5.32. The van der Waals surface area contributed by atoms with Crippen LogP contribution in [0.5, 0.6) is 5.75 Å². The first kappa shape index (κ1) is 24.8. The van der Waals surface area contributed by atoms with Crippen molar-refractivity contribution in [2.75, 3.05) is 13.2 Å². The van der Waals surface area contributed by atoms with E-state index in [0.717, 1.165) is 37.0 Å². The SMILES string of the molecule is C=CC(=O)OCCCCCCOc1ccc(C#Cc2ccc(C#Cc3nccs3)c(F)c2)cc1. The van der Waals surface area contributed by atoms with Crippen molar-refractivity contribution in [3.63, 3.8) is 0 Å². The van der Waals surface area contributed by atoms with Crippen LogP contribution in [0.15, 0.2) is 66.7 Å². The van der Waals surface area contributed by atoms with Crippen molar-refractivity contribution in [2.45, 2.75) is 25.7 Å². The second-order valence-corrected chi connectivity index (χ2v) is 8.09. The van der Waals surface area contributed by atoms with Gasteiger partial charge < -0.3 is 9.47 Å². The van der Waals surface area contributed by atoms with Crippen molar-refractivity contribution >= 4 is 17.3 Å². The maximum atomic E-state index is 14.3. The van der Waals surface area contributed by atoms with Gasteiger partial charge in [0.1, 0.15) is 11.6 Å². The molecule has 3 rings (SSSR count). The van der Waals surface area contributed by atoms with Crippen LogP contribution in [0.2, 0.25) is 0 Å². The van der Waals surface area contributed by atoms with Crippen molar-refractivity contribution in [3.05, 3.63) is 94.2 Å². The van der Waals surface area contributed by atoms with Crippen molar-refractivity contribution in [1.82, 2.24) is 4.98 Å². The average Bonchev–Trinajstić information content (AvgIpc) is 3.38. The van der Waals surface area contributed by atoms with Gasteiger partial charge in [-0.3, -0.25) is 0 Å². The topological polar surface area (TPSA) is 48.4 Å². The molecule has 0 N–H and O–H groups in total. The van der Waals surface area contributed by atoms with E-state index in [0.29, 0.717) is 29.3 Å². The predicted molar refractivity (Wildman–Crippen MR) is 132 cm³/mol. The quantitative estimate of drug-likeness (QED) is 0.172. The van der Waals surface area contributed by atoms with Crippen molar-refractivity contribution in [3.8, 4) is 29.4 Å². The second-order valence-electron chi connectivity index (χ2n) is 7.19. The molecule has 0 spiro atoms. The molecule has 0 aliphatic rings. The average molecular weight is 474 g/mol. The summed E-state index contributed by atoms with van der Waals surface area (Å²) >= 11 is 1.41. The second kappa shape index (κ2) is 13.6. The van der Waals surface area contributed by atoms with Crippen molar-refractivity contribution in [1.29, 1.82) is 0 Å². The number of carbonyl (C=O) groups excluding carboxylic acids is 1. The predicted octanol–water partition coefficient (Wildman–Crippen LogP) is 5.75. The Morgan fingerprint density at radius 2 is 1.71 bits per heavy atom. The first-order chi connectivity index (χ1) is 16.6. The third kappa shape index (κ3) is 8.58. The molecule has 34 heavy (non-hydrogen) atoms. The molecule has 0 atom stereocenters. The Bertz CT molecular complexity index is 1210. The van der Waals surface area contributed by atoms with Crippen LogP contribution in [-0.4, -0.2) is 24.2 Å². The van der Waals surface area contributed by atoms with E-state index in [2.05, 4.69) is 35.2 Å². The van der Waals surface area contributed by atoms with Crippen LogP contribution in [0.4, 0.5) is 4.39 Å². The summed E-state index contributed by atoms with van der Waals surface area (Å²) in [6, 6.07) is 12.3. The minimum atomic E-state index is -0.405. The highest BCUT2D eigenvalue weighted by molar-refractivity contribution is 7.10. The summed E-state index contributed by atoms with van der Waals surface area (Å²) in [5.41, 5.74) is 1.71. The van der Waals surface area contributed by atoms with Gasteiger partial charge in [-0.2, -0.15) is 0 Å². The standard InChI is InChI=1S/C28H24FNO3S/c1-2-28(31)33-19-6-4-3-5-18-32-25-14-10-22(11-15-25)7-8-23-9-12-24(26(29)21-23)13-16-27-30-17-20-34-27/h2,9-12,14-15,17,20-21H,1,3-6,18-19H2. The summed E-state index contributed by atoms with van der Waals surface area (Å²) in [6.45, 7) is 4.40. The zero-order valence-corrected chi connectivity index (χ0v) is 19.5. The number of halogens is 1. The van der Waals surface area contributed by atoms with Gasteiger partial charge in [0.2, 0.25) is 0 Å². The molecule has 3 aromatic rings. The highest BCUT2D eigenvalue weighted by Gasteiger charge is 2.01. The van der Waals surface area contributed by atoms with Crippen LogP contribution in [-0.2, 0) is 9.53 Å². The normalized spacial score (nSPS) is 9.79. The lowest BCUT2D eigenvalue weighted by atomic mass is 10.1. The lowest BCUT2D eigenvalue weighted by molar-refractivity contribution is -0.137. The lowest BCUT2D eigenvalue weighted by Crippen LogP contribution is -2.02. The summed E-state index contributed by atoms with van der Waals surface area (Å²) in [5, 5.41) is 2.48. The maximum Gasteiger partial charge on any atom is 0.330 e. The van der Waals surface area contributed by atoms with Crippen LogP contribution in [0, 0.1) is 29.5 Å². The Morgan fingerprint density at radius 3 is 2.41 bits per heavy atom. The molecule has 0 saturated heterocycles. The van der Waals surface area contributed by atoms with Gasteiger partial charge >= 0.3 is 5.97 Å². The maximum absolute atomic E-state index is 14.3. The van der Waals surface area contributed by atoms with E-state index in [1.54, 1.807) is 18.3 Å². The Morgan fingerprint density at radius 1 is 0.971 bits per heavy atom. The number of benzene rings is 2. The molecule has 0 aliphatic heterocycles. The van der Waals surface area contributed by atoms with Gasteiger partial charge in [0, 0.05) is 28.8 Å². The largest absolute Gasteiger partial charge is 0.494 e. The molecule has 0 aliphatic carbocycles. The van der Waals surface area contributed by atoms with Gasteiger partial charge in [0.05, 0.1) is 18.8 Å². The van der Waals surface area contributed by atoms with Crippen molar-refractivity contribution < 1.29 is 18.7 Å². The van der Waals surface area contributed by atoms with Gasteiger partial charge in [-0.05, 0) is 74.1 Å². The molecule has 0 radical (unpaired) electrons. The molecule has 0 unspecified atom stereocenters. The molecule has 0 amide bonds. The highest BCUT2D eigenvalue weighted by atomic mass is 32.1. The fourth-order valence-corrected chi connectivity index (χ4v) is 3.34. The Kier molecular flexibility index (Phi) is 9.93. The number of hydrogen-bond acceptors (Lipinski definition) is 5. The molecular formula is C28H24FNO3S. The summed E-state index contributed by atoms with van der Waals surface area (Å²) in [5.74, 6) is 11.7. The molecule has 0 bridgehead atoms. The summed E-state index contributed by atoms with van der Waals surface area (Å²) < 4.78 is 25.0. The molecule has 4 nitrogen and oxygen atoms in total. The Balaban J connectivity index is 1.42. The first-order valence-corrected chi connectivity index (χ1v) is 11.8. The van der Waals surface area contributed by atoms with E-state index < -0.39 is 5.82 Å². The lowest BCUT2D eigenvalue weighted by Gasteiger charge is -2.06. The number of rotatable bonds is 9. The molecule has 1 aromatic heterocycles. The van der Waals surface area contributed by atoms with E-state index >= 15 is 0 Å². The van der Waals surface area contributed by atoms with E-state index in [4.69, 9.17) is 9.47 Å². The fourth-order valence-electron chi connectivity index (χ4n) is 2.86. The van der Waals surface area contributed by atoms with E-state index in [9.17, 15) is 9.18 Å². The van der Waals surface area contributed by atoms with Gasteiger partial charge in [-0.25, -0.2) is 14.2 Å². The molecular weight excluding hydrogens is 449 g/mol. The Hall–Kier alpha value is -3.87. The van der Waals surface area contributed by atoms with E-state index in [-0.39, 0.29) is 5.97 Å². The summed E-state index contributed by atoms with van der Waals surface area (Å²) in [4.78, 5) is 15.0. The van der Waals surface area contributed by atoms with Gasteiger partial charge in [-0.15, -0.1) is 11.3 Å². The third-order valence-electron chi connectivity index (χ3n) is 4.63. The monoisotopic (exact) mass is 473 g/mol. The number of hydrogen-bond donors (Lipinski definition) is 0. The number of nitrogens with zero attached hydrogens (tertiary/aromatic N) is 1. The summed E-state index contributed by atoms with van der Waals surface area (Å²) in [7, 11) is 0. The first-order valence-electron chi connectivity index (χ1n) is 10.9. The zero-order valence-electron chi connectivity index (χ0n) is 18.7. The Labute approximate surface area is 203 Å². The highest BCUT2D eigenvalue weighted by Crippen LogP contribution is 2.14. The summed E-state index contributed by atoms with van der Waals surface area (Å²) in [6.07, 6.45) is 6.57. The molecule has 172 valence electrons. The molecule has 1 heterocycles. The minimum absolute atomic E-state index is 0.318. The number of thiazole rings is 1. The fraction of sp³-hybridized carbons (Fsp3) is 0.214. The van der Waals surface area contributed by atoms with E-state index in [1.165, 1.54) is 23.5 Å². The number of ether oxygens (including phenoxy) is 2. The van der Waals surface area contributed by atoms with Gasteiger partial charge in [0.15, 0.2) is 5.01 Å². The molecule has 0 fully saturated rings. The smallest absolute Gasteiger partial charge is 0.330 e. The minimum Gasteiger partial charge on any atom is -0.494 e. The van der Waals surface area contributed by atoms with Gasteiger partial charge in [-0.1, -0.05) is 24.3 Å². The van der Waals surface area contributed by atoms with Crippen LogP contribution in [0.1, 0.15) is 47.4 Å². The van der Waals surface area contributed by atoms with Gasteiger partial charge in [0.25, 0.3) is 0 Å². The number of esters is 1. The molecule has 2 aromatic carbocycles. The molecule has 6 heteroatoms. The number of aromatic nitrogens is 1. The number of carbonyl (C=O) groups is 1. The van der Waals surface area contributed by atoms with E-state index in [1.807, 2.05) is 29.6 Å². The number of unbranched alkanes of at least 4 members (excludes halogenated alkanes) is 3.